The second-order valence-corrected chi connectivity index (χ2v) is 4.79. The van der Waals surface area contributed by atoms with Gasteiger partial charge in [-0.25, -0.2) is 0 Å². The summed E-state index contributed by atoms with van der Waals surface area (Å²) in [6.45, 7) is 11.3. The molecule has 0 unspecified atom stereocenters. The lowest BCUT2D eigenvalue weighted by molar-refractivity contribution is 0.0564. The van der Waals surface area contributed by atoms with Gasteiger partial charge in [0.15, 0.2) is 0 Å². The Morgan fingerprint density at radius 2 is 2.13 bits per heavy atom. The number of ether oxygens (including phenoxy) is 1. The Balaban J connectivity index is 0.00000196. The third-order valence-corrected chi connectivity index (χ3v) is 2.70. The lowest BCUT2D eigenvalue weighted by Crippen LogP contribution is -2.27. The van der Waals surface area contributed by atoms with Crippen molar-refractivity contribution in [3.63, 3.8) is 0 Å². The van der Waals surface area contributed by atoms with Gasteiger partial charge in [-0.05, 0) is 18.8 Å². The zero-order chi connectivity index (χ0) is 10.4. The Bertz CT molecular complexity index is 153. The first-order valence-corrected chi connectivity index (χ1v) is 6.06. The summed E-state index contributed by atoms with van der Waals surface area (Å²) >= 11 is 0. The van der Waals surface area contributed by atoms with Crippen LogP contribution >= 0.6 is 13.5 Å². The van der Waals surface area contributed by atoms with Crippen LogP contribution in [0.3, 0.4) is 0 Å². The maximum Gasteiger partial charge on any atom is 0.0714 e. The number of unbranched alkanes of at least 4 members (excludes halogenated alkanes) is 1. The second-order valence-electron chi connectivity index (χ2n) is 4.79. The molecule has 0 aliphatic carbocycles. The molecule has 1 heterocycles. The minimum atomic E-state index is 0. The predicted molar refractivity (Wildman–Crippen MR) is 70.9 cm³/mol. The van der Waals surface area contributed by atoms with Crippen molar-refractivity contribution < 1.29 is 4.74 Å². The van der Waals surface area contributed by atoms with Gasteiger partial charge in [-0.2, -0.15) is 13.5 Å². The van der Waals surface area contributed by atoms with Crippen LogP contribution in [0.5, 0.6) is 0 Å². The fourth-order valence-electron chi connectivity index (χ4n) is 2.01. The largest absolute Gasteiger partial charge is 0.377 e. The van der Waals surface area contributed by atoms with E-state index in [1.54, 1.807) is 0 Å². The third kappa shape index (κ3) is 6.44. The number of hydrogen-bond acceptors (Lipinski definition) is 2. The van der Waals surface area contributed by atoms with E-state index >= 15 is 0 Å². The van der Waals surface area contributed by atoms with Gasteiger partial charge in [0.25, 0.3) is 0 Å². The fraction of sp³-hybridized carbons (Fsp3) is 1.00. The van der Waals surface area contributed by atoms with Gasteiger partial charge in [0.2, 0.25) is 0 Å². The molecule has 1 atom stereocenters. The molecule has 2 nitrogen and oxygen atoms in total. The average molecular weight is 233 g/mol. The van der Waals surface area contributed by atoms with Gasteiger partial charge in [0.05, 0.1) is 6.10 Å². The van der Waals surface area contributed by atoms with Gasteiger partial charge < -0.3 is 9.64 Å². The normalized spacial score (nSPS) is 22.0. The van der Waals surface area contributed by atoms with Crippen LogP contribution in [0.1, 0.15) is 40.0 Å². The van der Waals surface area contributed by atoms with Crippen LogP contribution in [0.15, 0.2) is 0 Å². The standard InChI is InChI=1S/C12H25NO.H2S/c1-4-5-8-14-12-6-7-13(10-12)9-11(2)3;/h11-12H,4-10H2,1-3H3;1H2/t12-;/m1./s1. The van der Waals surface area contributed by atoms with E-state index in [4.69, 9.17) is 4.74 Å². The molecule has 92 valence electrons. The highest BCUT2D eigenvalue weighted by Crippen LogP contribution is 2.14. The molecule has 1 rings (SSSR count). The van der Waals surface area contributed by atoms with Crippen molar-refractivity contribution in [1.29, 1.82) is 0 Å². The van der Waals surface area contributed by atoms with Crippen molar-refractivity contribution in [2.24, 2.45) is 5.92 Å². The van der Waals surface area contributed by atoms with Crippen LogP contribution < -0.4 is 0 Å². The summed E-state index contributed by atoms with van der Waals surface area (Å²) in [6.07, 6.45) is 4.19. The minimum absolute atomic E-state index is 0. The Labute approximate surface area is 102 Å². The molecule has 1 saturated heterocycles. The van der Waals surface area contributed by atoms with Gasteiger partial charge in [0, 0.05) is 26.2 Å². The van der Waals surface area contributed by atoms with Crippen LogP contribution in [0.2, 0.25) is 0 Å². The number of rotatable bonds is 6. The van der Waals surface area contributed by atoms with Crippen LogP contribution in [0.25, 0.3) is 0 Å². The first kappa shape index (κ1) is 15.3. The van der Waals surface area contributed by atoms with Crippen molar-refractivity contribution in [3.8, 4) is 0 Å². The summed E-state index contributed by atoms with van der Waals surface area (Å²) in [5.41, 5.74) is 0. The highest BCUT2D eigenvalue weighted by molar-refractivity contribution is 7.59. The van der Waals surface area contributed by atoms with Crippen molar-refractivity contribution in [2.45, 2.75) is 46.1 Å². The van der Waals surface area contributed by atoms with Gasteiger partial charge in [0.1, 0.15) is 0 Å². The molecule has 0 radical (unpaired) electrons. The second kappa shape index (κ2) is 8.43. The Hall–Kier alpha value is 0.270. The summed E-state index contributed by atoms with van der Waals surface area (Å²) in [5, 5.41) is 0. The van der Waals surface area contributed by atoms with Crippen molar-refractivity contribution in [2.75, 3.05) is 26.2 Å². The highest BCUT2D eigenvalue weighted by atomic mass is 32.1. The molecular formula is C12H27NOS. The van der Waals surface area contributed by atoms with Crippen molar-refractivity contribution >= 4 is 13.5 Å². The third-order valence-electron chi connectivity index (χ3n) is 2.70. The van der Waals surface area contributed by atoms with E-state index in [2.05, 4.69) is 25.7 Å². The molecule has 0 aromatic rings. The molecule has 15 heavy (non-hydrogen) atoms. The summed E-state index contributed by atoms with van der Waals surface area (Å²) in [5.74, 6) is 0.782. The molecule has 0 saturated carbocycles. The van der Waals surface area contributed by atoms with Crippen LogP contribution in [-0.2, 0) is 4.74 Å². The van der Waals surface area contributed by atoms with Gasteiger partial charge in [-0.1, -0.05) is 27.2 Å². The van der Waals surface area contributed by atoms with Crippen molar-refractivity contribution in [3.05, 3.63) is 0 Å². The summed E-state index contributed by atoms with van der Waals surface area (Å²) in [7, 11) is 0. The minimum Gasteiger partial charge on any atom is -0.377 e. The zero-order valence-electron chi connectivity index (χ0n) is 10.5. The molecule has 0 aromatic heterocycles. The Morgan fingerprint density at radius 3 is 2.73 bits per heavy atom. The highest BCUT2D eigenvalue weighted by Gasteiger charge is 2.22. The zero-order valence-corrected chi connectivity index (χ0v) is 11.5. The van der Waals surface area contributed by atoms with E-state index in [9.17, 15) is 0 Å². The monoisotopic (exact) mass is 233 g/mol. The lowest BCUT2D eigenvalue weighted by atomic mass is 10.2. The van der Waals surface area contributed by atoms with Gasteiger partial charge in [-0.3, -0.25) is 0 Å². The molecule has 1 aliphatic heterocycles. The summed E-state index contributed by atoms with van der Waals surface area (Å²) in [4.78, 5) is 2.53. The van der Waals surface area contributed by atoms with E-state index < -0.39 is 0 Å². The molecule has 0 amide bonds. The summed E-state index contributed by atoms with van der Waals surface area (Å²) in [6, 6.07) is 0. The maximum atomic E-state index is 5.81. The van der Waals surface area contributed by atoms with E-state index in [-0.39, 0.29) is 13.5 Å². The molecule has 0 spiro atoms. The number of nitrogens with zero attached hydrogens (tertiary/aromatic N) is 1. The predicted octanol–water partition coefficient (Wildman–Crippen LogP) is 2.65. The Kier molecular flexibility index (Phi) is 8.58. The van der Waals surface area contributed by atoms with E-state index in [1.165, 1.54) is 32.4 Å². The molecular weight excluding hydrogens is 206 g/mol. The lowest BCUT2D eigenvalue weighted by Gasteiger charge is -2.18. The van der Waals surface area contributed by atoms with E-state index in [0.29, 0.717) is 6.10 Å². The van der Waals surface area contributed by atoms with Gasteiger partial charge >= 0.3 is 0 Å². The molecule has 0 aromatic carbocycles. The SMILES string of the molecule is CCCCO[C@@H]1CCN(CC(C)C)C1.S. The number of hydrogen-bond donors (Lipinski definition) is 0. The molecule has 1 aliphatic rings. The van der Waals surface area contributed by atoms with Crippen LogP contribution in [-0.4, -0.2) is 37.2 Å². The molecule has 1 fully saturated rings. The quantitative estimate of drug-likeness (QED) is 0.654. The molecule has 0 bridgehead atoms. The van der Waals surface area contributed by atoms with Crippen LogP contribution in [0.4, 0.5) is 0 Å². The van der Waals surface area contributed by atoms with E-state index in [0.717, 1.165) is 19.1 Å². The first-order valence-electron chi connectivity index (χ1n) is 6.06. The van der Waals surface area contributed by atoms with Gasteiger partial charge in [-0.15, -0.1) is 0 Å². The number of likely N-dealkylation sites (tertiary alicyclic amines) is 1. The topological polar surface area (TPSA) is 12.5 Å². The van der Waals surface area contributed by atoms with Crippen molar-refractivity contribution in [1.82, 2.24) is 4.90 Å². The van der Waals surface area contributed by atoms with Crippen LogP contribution in [0, 0.1) is 5.92 Å². The fourth-order valence-corrected chi connectivity index (χ4v) is 2.01. The molecule has 0 N–H and O–H groups in total. The first-order chi connectivity index (χ1) is 6.72. The summed E-state index contributed by atoms with van der Waals surface area (Å²) < 4.78 is 5.81. The Morgan fingerprint density at radius 1 is 1.40 bits per heavy atom. The maximum absolute atomic E-state index is 5.81. The van der Waals surface area contributed by atoms with E-state index in [1.807, 2.05) is 0 Å². The average Bonchev–Trinajstić information content (AvgIpc) is 2.52. The molecule has 3 heteroatoms. The smallest absolute Gasteiger partial charge is 0.0714 e.